The van der Waals surface area contributed by atoms with Crippen molar-refractivity contribution in [2.45, 2.75) is 44.8 Å². The molecule has 1 atom stereocenters. The Morgan fingerprint density at radius 1 is 1.36 bits per heavy atom. The molecule has 1 saturated heterocycles. The van der Waals surface area contributed by atoms with Gasteiger partial charge in [0.15, 0.2) is 5.65 Å². The smallest absolute Gasteiger partial charge is 0.254 e. The van der Waals surface area contributed by atoms with Crippen molar-refractivity contribution in [1.29, 1.82) is 0 Å². The van der Waals surface area contributed by atoms with Crippen LogP contribution in [0.3, 0.4) is 0 Å². The predicted molar refractivity (Wildman–Crippen MR) is 93.3 cm³/mol. The predicted octanol–water partition coefficient (Wildman–Crippen LogP) is 0.907. The summed E-state index contributed by atoms with van der Waals surface area (Å²) in [6.45, 7) is 3.88. The van der Waals surface area contributed by atoms with Crippen molar-refractivity contribution in [2.24, 2.45) is 11.8 Å². The van der Waals surface area contributed by atoms with Gasteiger partial charge in [0.1, 0.15) is 0 Å². The van der Waals surface area contributed by atoms with E-state index in [1.807, 2.05) is 13.0 Å². The van der Waals surface area contributed by atoms with Gasteiger partial charge in [0.05, 0.1) is 23.6 Å². The van der Waals surface area contributed by atoms with Gasteiger partial charge in [-0.15, -0.1) is 0 Å². The molecule has 7 nitrogen and oxygen atoms in total. The Balaban J connectivity index is 1.55. The van der Waals surface area contributed by atoms with E-state index in [4.69, 9.17) is 0 Å². The highest BCUT2D eigenvalue weighted by Gasteiger charge is 2.39. The molecule has 2 aliphatic rings. The number of aryl methyl sites for hydroxylation is 1. The van der Waals surface area contributed by atoms with E-state index >= 15 is 0 Å². The highest BCUT2D eigenvalue weighted by atomic mass is 16.3. The molecule has 1 saturated carbocycles. The molecule has 3 heterocycles. The highest BCUT2D eigenvalue weighted by Crippen LogP contribution is 2.36. The second-order valence-corrected chi connectivity index (χ2v) is 7.33. The van der Waals surface area contributed by atoms with E-state index in [-0.39, 0.29) is 18.1 Å². The Morgan fingerprint density at radius 2 is 2.12 bits per heavy atom. The first kappa shape index (κ1) is 16.5. The zero-order valence-electron chi connectivity index (χ0n) is 14.5. The molecule has 25 heavy (non-hydrogen) atoms. The quantitative estimate of drug-likeness (QED) is 0.767. The van der Waals surface area contributed by atoms with E-state index in [0.717, 1.165) is 50.1 Å². The van der Waals surface area contributed by atoms with E-state index in [2.05, 4.69) is 20.7 Å². The third-order valence-corrected chi connectivity index (χ3v) is 5.75. The molecular weight excluding hydrogens is 318 g/mol. The number of carbonyl (C=O) groups excluding carboxylic acids is 1. The van der Waals surface area contributed by atoms with Gasteiger partial charge in [-0.2, -0.15) is 5.10 Å². The van der Waals surface area contributed by atoms with E-state index < -0.39 is 0 Å². The lowest BCUT2D eigenvalue weighted by atomic mass is 9.71. The van der Waals surface area contributed by atoms with Crippen LogP contribution in [0.4, 0.5) is 0 Å². The van der Waals surface area contributed by atoms with Crippen LogP contribution in [0.5, 0.6) is 0 Å². The number of amides is 1. The number of piperidine rings is 1. The third kappa shape index (κ3) is 3.14. The molecule has 2 aromatic rings. The number of hydrogen-bond acceptors (Lipinski definition) is 5. The lowest BCUT2D eigenvalue weighted by Gasteiger charge is -2.43. The Labute approximate surface area is 146 Å². The number of hydrogen-bond donors (Lipinski definition) is 3. The molecular formula is C18H25N5O2. The first-order valence-electron chi connectivity index (χ1n) is 9.12. The SMILES string of the molecule is Cc1c(C(=O)N[C@H](C2CCNCC2)C2CC(O)C2)cnc2ccnn12. The Bertz CT molecular complexity index is 762. The van der Waals surface area contributed by atoms with E-state index in [9.17, 15) is 9.90 Å². The number of nitrogens with zero attached hydrogens (tertiary/aromatic N) is 3. The molecule has 0 spiro atoms. The zero-order chi connectivity index (χ0) is 17.4. The minimum absolute atomic E-state index is 0.0904. The molecule has 0 aromatic carbocycles. The number of fused-ring (bicyclic) bond motifs is 1. The largest absolute Gasteiger partial charge is 0.393 e. The number of nitrogens with one attached hydrogen (secondary N) is 2. The maximum Gasteiger partial charge on any atom is 0.254 e. The van der Waals surface area contributed by atoms with Crippen molar-refractivity contribution in [3.8, 4) is 0 Å². The van der Waals surface area contributed by atoms with Crippen LogP contribution in [0, 0.1) is 18.8 Å². The molecule has 7 heteroatoms. The standard InChI is InChI=1S/C18H25N5O2/c1-11-15(10-20-16-4-7-21-23(11)16)18(25)22-17(13-8-14(24)9-13)12-2-5-19-6-3-12/h4,7,10,12-14,17,19,24H,2-3,5-6,8-9H2,1H3,(H,22,25)/t13?,14?,17-/m1/s1. The van der Waals surface area contributed by atoms with Crippen LogP contribution in [-0.2, 0) is 0 Å². The van der Waals surface area contributed by atoms with Crippen molar-refractivity contribution >= 4 is 11.6 Å². The minimum Gasteiger partial charge on any atom is -0.393 e. The van der Waals surface area contributed by atoms with Crippen LogP contribution in [0.1, 0.15) is 41.7 Å². The molecule has 0 radical (unpaired) electrons. The highest BCUT2D eigenvalue weighted by molar-refractivity contribution is 5.95. The molecule has 0 bridgehead atoms. The normalized spacial score (nSPS) is 25.5. The van der Waals surface area contributed by atoms with Crippen molar-refractivity contribution in [3.05, 3.63) is 29.7 Å². The van der Waals surface area contributed by atoms with E-state index in [0.29, 0.717) is 17.4 Å². The van der Waals surface area contributed by atoms with Crippen LogP contribution >= 0.6 is 0 Å². The number of carbonyl (C=O) groups is 1. The Kier molecular flexibility index (Phi) is 4.43. The lowest BCUT2D eigenvalue weighted by molar-refractivity contribution is 0.00916. The summed E-state index contributed by atoms with van der Waals surface area (Å²) in [4.78, 5) is 17.3. The topological polar surface area (TPSA) is 91.5 Å². The maximum absolute atomic E-state index is 12.9. The van der Waals surface area contributed by atoms with Gasteiger partial charge in [0.25, 0.3) is 5.91 Å². The molecule has 1 aliphatic heterocycles. The van der Waals surface area contributed by atoms with Gasteiger partial charge in [-0.05, 0) is 57.5 Å². The Hall–Kier alpha value is -1.99. The summed E-state index contributed by atoms with van der Waals surface area (Å²) in [5.74, 6) is 0.737. The third-order valence-electron chi connectivity index (χ3n) is 5.75. The first-order chi connectivity index (χ1) is 12.1. The summed E-state index contributed by atoms with van der Waals surface area (Å²) in [7, 11) is 0. The molecule has 3 N–H and O–H groups in total. The van der Waals surface area contributed by atoms with E-state index in [1.54, 1.807) is 16.9 Å². The van der Waals surface area contributed by atoms with Gasteiger partial charge in [0, 0.05) is 18.3 Å². The number of aliphatic hydroxyl groups excluding tert-OH is 1. The summed E-state index contributed by atoms with van der Waals surface area (Å²) in [6.07, 6.45) is 6.80. The number of rotatable bonds is 4. The van der Waals surface area contributed by atoms with Gasteiger partial charge in [-0.1, -0.05) is 0 Å². The fraction of sp³-hybridized carbons (Fsp3) is 0.611. The van der Waals surface area contributed by atoms with Gasteiger partial charge in [-0.25, -0.2) is 9.50 Å². The van der Waals surface area contributed by atoms with Crippen molar-refractivity contribution in [1.82, 2.24) is 25.2 Å². The molecule has 4 rings (SSSR count). The van der Waals surface area contributed by atoms with Crippen molar-refractivity contribution in [2.75, 3.05) is 13.1 Å². The summed E-state index contributed by atoms with van der Waals surface area (Å²) in [5, 5.41) is 20.6. The van der Waals surface area contributed by atoms with Gasteiger partial charge < -0.3 is 15.7 Å². The molecule has 0 unspecified atom stereocenters. The summed E-state index contributed by atoms with van der Waals surface area (Å²) in [6, 6.07) is 1.94. The lowest BCUT2D eigenvalue weighted by Crippen LogP contribution is -2.53. The second kappa shape index (κ2) is 6.72. The average Bonchev–Trinajstić information content (AvgIpc) is 3.08. The number of aromatic nitrogens is 3. The first-order valence-corrected chi connectivity index (χ1v) is 9.12. The molecule has 2 fully saturated rings. The molecule has 134 valence electrons. The van der Waals surface area contributed by atoms with E-state index in [1.165, 1.54) is 0 Å². The monoisotopic (exact) mass is 343 g/mol. The molecule has 1 aliphatic carbocycles. The molecule has 2 aromatic heterocycles. The Morgan fingerprint density at radius 3 is 2.84 bits per heavy atom. The summed E-state index contributed by atoms with van der Waals surface area (Å²) < 4.78 is 1.70. The fourth-order valence-electron chi connectivity index (χ4n) is 4.19. The maximum atomic E-state index is 12.9. The fourth-order valence-corrected chi connectivity index (χ4v) is 4.19. The summed E-state index contributed by atoms with van der Waals surface area (Å²) >= 11 is 0. The van der Waals surface area contributed by atoms with Gasteiger partial charge >= 0.3 is 0 Å². The van der Waals surface area contributed by atoms with Crippen LogP contribution in [0.2, 0.25) is 0 Å². The van der Waals surface area contributed by atoms with Crippen molar-refractivity contribution in [3.63, 3.8) is 0 Å². The average molecular weight is 343 g/mol. The minimum atomic E-state index is -0.213. The second-order valence-electron chi connectivity index (χ2n) is 7.33. The van der Waals surface area contributed by atoms with Gasteiger partial charge in [-0.3, -0.25) is 4.79 Å². The van der Waals surface area contributed by atoms with Crippen molar-refractivity contribution < 1.29 is 9.90 Å². The zero-order valence-corrected chi connectivity index (χ0v) is 14.5. The van der Waals surface area contributed by atoms with Crippen LogP contribution in [0.15, 0.2) is 18.5 Å². The van der Waals surface area contributed by atoms with Crippen LogP contribution < -0.4 is 10.6 Å². The van der Waals surface area contributed by atoms with Crippen LogP contribution in [0.25, 0.3) is 5.65 Å². The molecule has 1 amide bonds. The summed E-state index contributed by atoms with van der Waals surface area (Å²) in [5.41, 5.74) is 2.10. The number of aliphatic hydroxyl groups is 1. The van der Waals surface area contributed by atoms with Crippen LogP contribution in [-0.4, -0.2) is 50.8 Å². The van der Waals surface area contributed by atoms with Gasteiger partial charge in [0.2, 0.25) is 0 Å².